The molecule has 0 radical (unpaired) electrons. The molecule has 0 aromatic heterocycles. The standard InChI is InChI=1S/C15H20ClNO2S/c1-10(20-14-6-4-3-5-12(14)16)15(19)17(2)9-13(18)11-7-8-11/h3-6,10-11,13,18H,7-9H2,1-2H3. The maximum Gasteiger partial charge on any atom is 0.235 e. The third-order valence-corrected chi connectivity index (χ3v) is 5.10. The van der Waals surface area contributed by atoms with Gasteiger partial charge in [0.2, 0.25) is 5.91 Å². The number of hydrogen-bond donors (Lipinski definition) is 1. The highest BCUT2D eigenvalue weighted by atomic mass is 35.5. The molecule has 1 aromatic rings. The van der Waals surface area contributed by atoms with Crippen LogP contribution in [0.4, 0.5) is 0 Å². The van der Waals surface area contributed by atoms with Crippen LogP contribution in [-0.4, -0.2) is 40.9 Å². The van der Waals surface area contributed by atoms with E-state index in [1.54, 1.807) is 11.9 Å². The predicted molar refractivity (Wildman–Crippen MR) is 83.1 cm³/mol. The molecule has 1 fully saturated rings. The van der Waals surface area contributed by atoms with E-state index in [9.17, 15) is 9.90 Å². The fourth-order valence-electron chi connectivity index (χ4n) is 2.09. The van der Waals surface area contributed by atoms with Gasteiger partial charge in [-0.15, -0.1) is 11.8 Å². The molecule has 1 aliphatic carbocycles. The van der Waals surface area contributed by atoms with Gasteiger partial charge in [-0.1, -0.05) is 23.7 Å². The second-order valence-electron chi connectivity index (χ2n) is 5.31. The second kappa shape index (κ2) is 6.83. The van der Waals surface area contributed by atoms with Gasteiger partial charge < -0.3 is 10.0 Å². The molecule has 0 heterocycles. The Labute approximate surface area is 129 Å². The number of likely N-dealkylation sites (N-methyl/N-ethyl adjacent to an activating group) is 1. The van der Waals surface area contributed by atoms with Crippen molar-refractivity contribution in [2.45, 2.75) is 36.0 Å². The number of halogens is 1. The van der Waals surface area contributed by atoms with E-state index in [1.165, 1.54) is 11.8 Å². The van der Waals surface area contributed by atoms with Gasteiger partial charge in [0.05, 0.1) is 16.4 Å². The zero-order chi connectivity index (χ0) is 14.7. The van der Waals surface area contributed by atoms with E-state index in [1.807, 2.05) is 31.2 Å². The van der Waals surface area contributed by atoms with Gasteiger partial charge in [0.25, 0.3) is 0 Å². The molecule has 1 saturated carbocycles. The summed E-state index contributed by atoms with van der Waals surface area (Å²) < 4.78 is 0. The van der Waals surface area contributed by atoms with E-state index in [0.717, 1.165) is 17.7 Å². The number of thioether (sulfide) groups is 1. The number of carbonyl (C=O) groups is 1. The number of nitrogens with zero attached hydrogens (tertiary/aromatic N) is 1. The monoisotopic (exact) mass is 313 g/mol. The van der Waals surface area contributed by atoms with Crippen molar-refractivity contribution >= 4 is 29.3 Å². The van der Waals surface area contributed by atoms with Gasteiger partial charge in [-0.2, -0.15) is 0 Å². The molecule has 110 valence electrons. The molecular formula is C15H20ClNO2S. The summed E-state index contributed by atoms with van der Waals surface area (Å²) in [6, 6.07) is 7.51. The fraction of sp³-hybridized carbons (Fsp3) is 0.533. The molecule has 0 saturated heterocycles. The number of benzene rings is 1. The average Bonchev–Trinajstić information content (AvgIpc) is 3.24. The van der Waals surface area contributed by atoms with Crippen molar-refractivity contribution in [3.05, 3.63) is 29.3 Å². The van der Waals surface area contributed by atoms with Crippen LogP contribution in [0, 0.1) is 5.92 Å². The third-order valence-electron chi connectivity index (χ3n) is 3.49. The SMILES string of the molecule is CC(Sc1ccccc1Cl)C(=O)N(C)CC(O)C1CC1. The van der Waals surface area contributed by atoms with E-state index < -0.39 is 0 Å². The molecule has 1 N–H and O–H groups in total. The van der Waals surface area contributed by atoms with Crippen LogP contribution in [0.25, 0.3) is 0 Å². The minimum Gasteiger partial charge on any atom is -0.391 e. The molecule has 2 atom stereocenters. The summed E-state index contributed by atoms with van der Waals surface area (Å²) >= 11 is 7.55. The highest BCUT2D eigenvalue weighted by Crippen LogP contribution is 2.33. The third kappa shape index (κ3) is 4.14. The van der Waals surface area contributed by atoms with E-state index in [0.29, 0.717) is 17.5 Å². The summed E-state index contributed by atoms with van der Waals surface area (Å²) in [5, 5.41) is 10.4. The minimum absolute atomic E-state index is 0.0228. The summed E-state index contributed by atoms with van der Waals surface area (Å²) in [6.45, 7) is 2.28. The van der Waals surface area contributed by atoms with Gasteiger partial charge in [0.15, 0.2) is 0 Å². The Kier molecular flexibility index (Phi) is 5.35. The summed E-state index contributed by atoms with van der Waals surface area (Å²) in [5.74, 6) is 0.409. The van der Waals surface area contributed by atoms with Gasteiger partial charge in [-0.25, -0.2) is 0 Å². The molecule has 2 unspecified atom stereocenters. The maximum atomic E-state index is 12.3. The number of rotatable bonds is 6. The Morgan fingerprint density at radius 1 is 1.50 bits per heavy atom. The molecule has 5 heteroatoms. The van der Waals surface area contributed by atoms with Gasteiger partial charge >= 0.3 is 0 Å². The summed E-state index contributed by atoms with van der Waals surface area (Å²) in [4.78, 5) is 14.8. The van der Waals surface area contributed by atoms with Crippen LogP contribution in [0.5, 0.6) is 0 Å². The maximum absolute atomic E-state index is 12.3. The predicted octanol–water partition coefficient (Wildman–Crippen LogP) is 3.05. The lowest BCUT2D eigenvalue weighted by atomic mass is 10.2. The molecule has 0 bridgehead atoms. The average molecular weight is 314 g/mol. The molecule has 1 aliphatic rings. The first-order chi connectivity index (χ1) is 9.49. The fourth-order valence-corrected chi connectivity index (χ4v) is 3.36. The van der Waals surface area contributed by atoms with Crippen LogP contribution in [-0.2, 0) is 4.79 Å². The topological polar surface area (TPSA) is 40.5 Å². The Morgan fingerprint density at radius 2 is 2.15 bits per heavy atom. The van der Waals surface area contributed by atoms with Gasteiger partial charge in [-0.3, -0.25) is 4.79 Å². The zero-order valence-corrected chi connectivity index (χ0v) is 13.3. The van der Waals surface area contributed by atoms with E-state index >= 15 is 0 Å². The second-order valence-corrected chi connectivity index (χ2v) is 7.10. The first-order valence-corrected chi connectivity index (χ1v) is 8.09. The van der Waals surface area contributed by atoms with E-state index in [2.05, 4.69) is 0 Å². The van der Waals surface area contributed by atoms with Crippen molar-refractivity contribution in [1.29, 1.82) is 0 Å². The number of aliphatic hydroxyl groups is 1. The molecule has 1 amide bonds. The Morgan fingerprint density at radius 3 is 2.75 bits per heavy atom. The smallest absolute Gasteiger partial charge is 0.235 e. The first-order valence-electron chi connectivity index (χ1n) is 6.83. The van der Waals surface area contributed by atoms with Crippen LogP contribution >= 0.6 is 23.4 Å². The summed E-state index contributed by atoms with van der Waals surface area (Å²) in [5.41, 5.74) is 0. The zero-order valence-electron chi connectivity index (χ0n) is 11.8. The van der Waals surface area contributed by atoms with Crippen LogP contribution in [0.2, 0.25) is 5.02 Å². The van der Waals surface area contributed by atoms with Crippen molar-refractivity contribution in [3.8, 4) is 0 Å². The number of carbonyl (C=O) groups excluding carboxylic acids is 1. The Balaban J connectivity index is 1.89. The molecule has 2 rings (SSSR count). The Bertz CT molecular complexity index is 479. The lowest BCUT2D eigenvalue weighted by Crippen LogP contribution is -2.39. The molecule has 0 aliphatic heterocycles. The Hall–Kier alpha value is -0.710. The quantitative estimate of drug-likeness (QED) is 0.821. The van der Waals surface area contributed by atoms with Crippen LogP contribution in [0.15, 0.2) is 29.2 Å². The number of aliphatic hydroxyl groups excluding tert-OH is 1. The minimum atomic E-state index is -0.388. The van der Waals surface area contributed by atoms with Crippen molar-refractivity contribution < 1.29 is 9.90 Å². The van der Waals surface area contributed by atoms with Gasteiger partial charge in [-0.05, 0) is 37.8 Å². The van der Waals surface area contributed by atoms with Crippen molar-refractivity contribution in [2.24, 2.45) is 5.92 Å². The molecule has 3 nitrogen and oxygen atoms in total. The lowest BCUT2D eigenvalue weighted by molar-refractivity contribution is -0.130. The number of amides is 1. The van der Waals surface area contributed by atoms with Crippen molar-refractivity contribution in [1.82, 2.24) is 4.90 Å². The number of hydrogen-bond acceptors (Lipinski definition) is 3. The highest BCUT2D eigenvalue weighted by molar-refractivity contribution is 8.00. The van der Waals surface area contributed by atoms with Crippen molar-refractivity contribution in [2.75, 3.05) is 13.6 Å². The largest absolute Gasteiger partial charge is 0.391 e. The van der Waals surface area contributed by atoms with Crippen LogP contribution in [0.1, 0.15) is 19.8 Å². The molecule has 0 spiro atoms. The van der Waals surface area contributed by atoms with Gasteiger partial charge in [0.1, 0.15) is 0 Å². The lowest BCUT2D eigenvalue weighted by Gasteiger charge is -2.24. The van der Waals surface area contributed by atoms with Crippen LogP contribution in [0.3, 0.4) is 0 Å². The normalized spacial score (nSPS) is 17.6. The molecule has 20 heavy (non-hydrogen) atoms. The first kappa shape index (κ1) is 15.7. The van der Waals surface area contributed by atoms with E-state index in [-0.39, 0.29) is 17.3 Å². The molecule has 1 aromatic carbocycles. The summed E-state index contributed by atoms with van der Waals surface area (Å²) in [7, 11) is 1.75. The summed E-state index contributed by atoms with van der Waals surface area (Å²) in [6.07, 6.45) is 1.77. The highest BCUT2D eigenvalue weighted by Gasteiger charge is 2.32. The van der Waals surface area contributed by atoms with E-state index in [4.69, 9.17) is 11.6 Å². The van der Waals surface area contributed by atoms with Gasteiger partial charge in [0, 0.05) is 18.5 Å². The van der Waals surface area contributed by atoms with Crippen molar-refractivity contribution in [3.63, 3.8) is 0 Å². The van der Waals surface area contributed by atoms with Crippen LogP contribution < -0.4 is 0 Å². The molecular weight excluding hydrogens is 294 g/mol.